The molecule has 1 rings (SSSR count). The minimum atomic E-state index is -0.159. The molecule has 1 atom stereocenters. The smallest absolute Gasteiger partial charge is 0.314 e. The Balaban J connectivity index is 2.15. The van der Waals surface area contributed by atoms with Crippen molar-refractivity contribution in [2.45, 2.75) is 12.5 Å². The predicted molar refractivity (Wildman–Crippen MR) is 49.7 cm³/mol. The van der Waals surface area contributed by atoms with Crippen LogP contribution in [0.3, 0.4) is 0 Å². The van der Waals surface area contributed by atoms with Crippen LogP contribution in [-0.4, -0.2) is 45.4 Å². The summed E-state index contributed by atoms with van der Waals surface area (Å²) in [5.41, 5.74) is 0. The molecule has 0 bridgehead atoms. The molecular weight excluding hydrogens is 170 g/mol. The van der Waals surface area contributed by atoms with Crippen LogP contribution in [0, 0.1) is 0 Å². The van der Waals surface area contributed by atoms with Gasteiger partial charge in [-0.05, 0) is 13.0 Å². The summed E-state index contributed by atoms with van der Waals surface area (Å²) in [6.45, 7) is 3.14. The third kappa shape index (κ3) is 4.10. The Morgan fingerprint density at radius 2 is 2.54 bits per heavy atom. The Bertz CT molecular complexity index is 155. The lowest BCUT2D eigenvalue weighted by molar-refractivity contribution is 0.0686. The van der Waals surface area contributed by atoms with E-state index >= 15 is 0 Å². The summed E-state index contributed by atoms with van der Waals surface area (Å²) >= 11 is 0. The van der Waals surface area contributed by atoms with Crippen molar-refractivity contribution in [3.8, 4) is 0 Å². The zero-order valence-corrected chi connectivity index (χ0v) is 7.93. The van der Waals surface area contributed by atoms with E-state index in [1.807, 2.05) is 0 Å². The van der Waals surface area contributed by atoms with Crippen molar-refractivity contribution in [3.63, 3.8) is 0 Å². The molecule has 0 aromatic heterocycles. The highest BCUT2D eigenvalue weighted by molar-refractivity contribution is 5.73. The second kappa shape index (κ2) is 5.77. The van der Waals surface area contributed by atoms with Gasteiger partial charge in [0.05, 0.1) is 6.10 Å². The number of hydrogen-bond acceptors (Lipinski definition) is 3. The molecule has 1 heterocycles. The lowest BCUT2D eigenvalue weighted by atomic mass is 10.3. The Morgan fingerprint density at radius 3 is 3.31 bits per heavy atom. The fraction of sp³-hybridized carbons (Fsp3) is 0.875. The molecule has 2 amide bonds. The van der Waals surface area contributed by atoms with Gasteiger partial charge in [-0.15, -0.1) is 0 Å². The van der Waals surface area contributed by atoms with E-state index in [4.69, 9.17) is 4.74 Å². The van der Waals surface area contributed by atoms with Gasteiger partial charge in [0.25, 0.3) is 0 Å². The number of rotatable bonds is 2. The second-order valence-electron chi connectivity index (χ2n) is 3.01. The van der Waals surface area contributed by atoms with Crippen LogP contribution in [0.2, 0.25) is 0 Å². The van der Waals surface area contributed by atoms with Gasteiger partial charge in [-0.2, -0.15) is 0 Å². The largest absolute Gasteiger partial charge is 0.375 e. The summed E-state index contributed by atoms with van der Waals surface area (Å²) in [5, 5.41) is 8.45. The zero-order chi connectivity index (χ0) is 9.52. The molecule has 0 spiro atoms. The third-order valence-electron chi connectivity index (χ3n) is 1.94. The first kappa shape index (κ1) is 10.3. The molecule has 5 nitrogen and oxygen atoms in total. The van der Waals surface area contributed by atoms with Crippen molar-refractivity contribution in [2.75, 3.05) is 33.3 Å². The Morgan fingerprint density at radius 1 is 1.69 bits per heavy atom. The lowest BCUT2D eigenvalue weighted by Crippen LogP contribution is -2.41. The summed E-state index contributed by atoms with van der Waals surface area (Å²) in [6.07, 6.45) is 1.14. The summed E-state index contributed by atoms with van der Waals surface area (Å²) in [7, 11) is 1.60. The van der Waals surface area contributed by atoms with E-state index in [0.29, 0.717) is 6.54 Å². The zero-order valence-electron chi connectivity index (χ0n) is 7.93. The topological polar surface area (TPSA) is 62.4 Å². The van der Waals surface area contributed by atoms with E-state index in [1.165, 1.54) is 0 Å². The molecule has 1 unspecified atom stereocenters. The van der Waals surface area contributed by atoms with Crippen LogP contribution in [0.4, 0.5) is 4.79 Å². The van der Waals surface area contributed by atoms with E-state index in [9.17, 15) is 4.79 Å². The predicted octanol–water partition coefficient (Wildman–Crippen LogP) is -0.706. The monoisotopic (exact) mass is 187 g/mol. The van der Waals surface area contributed by atoms with Gasteiger partial charge in [0.1, 0.15) is 0 Å². The average Bonchev–Trinajstić information content (AvgIpc) is 2.42. The maximum atomic E-state index is 10.8. The molecule has 0 radical (unpaired) electrons. The number of urea groups is 1. The number of nitrogens with one attached hydrogen (secondary N) is 3. The normalized spacial score (nSPS) is 23.3. The van der Waals surface area contributed by atoms with Crippen LogP contribution in [0.1, 0.15) is 6.42 Å². The molecule has 1 saturated heterocycles. The van der Waals surface area contributed by atoms with E-state index in [0.717, 1.165) is 26.1 Å². The first-order chi connectivity index (χ1) is 6.33. The van der Waals surface area contributed by atoms with E-state index in [2.05, 4.69) is 16.0 Å². The van der Waals surface area contributed by atoms with Crippen LogP contribution in [-0.2, 0) is 4.74 Å². The van der Waals surface area contributed by atoms with Crippen LogP contribution in [0.25, 0.3) is 0 Å². The molecule has 0 aromatic carbocycles. The van der Waals surface area contributed by atoms with Gasteiger partial charge in [-0.1, -0.05) is 0 Å². The molecular formula is C8H17N3O2. The maximum absolute atomic E-state index is 10.8. The Hall–Kier alpha value is -0.810. The van der Waals surface area contributed by atoms with E-state index in [1.54, 1.807) is 7.05 Å². The van der Waals surface area contributed by atoms with E-state index in [-0.39, 0.29) is 12.1 Å². The fourth-order valence-electron chi connectivity index (χ4n) is 1.20. The van der Waals surface area contributed by atoms with Gasteiger partial charge in [-0.25, -0.2) is 4.79 Å². The van der Waals surface area contributed by atoms with Crippen molar-refractivity contribution < 1.29 is 9.53 Å². The van der Waals surface area contributed by atoms with Crippen molar-refractivity contribution in [2.24, 2.45) is 0 Å². The highest BCUT2D eigenvalue weighted by Crippen LogP contribution is 1.95. The highest BCUT2D eigenvalue weighted by Gasteiger charge is 2.12. The summed E-state index contributed by atoms with van der Waals surface area (Å²) in [6, 6.07) is -0.159. The number of carbonyl (C=O) groups excluding carboxylic acids is 1. The second-order valence-corrected chi connectivity index (χ2v) is 3.01. The molecule has 0 aromatic rings. The molecule has 5 heteroatoms. The fourth-order valence-corrected chi connectivity index (χ4v) is 1.20. The number of amides is 2. The number of carbonyl (C=O) groups is 1. The molecule has 1 fully saturated rings. The van der Waals surface area contributed by atoms with Gasteiger partial charge in [-0.3, -0.25) is 0 Å². The first-order valence-electron chi connectivity index (χ1n) is 4.61. The molecule has 0 saturated carbocycles. The molecule has 3 N–H and O–H groups in total. The van der Waals surface area contributed by atoms with E-state index < -0.39 is 0 Å². The third-order valence-corrected chi connectivity index (χ3v) is 1.94. The summed E-state index contributed by atoms with van der Waals surface area (Å²) < 4.78 is 5.49. The first-order valence-corrected chi connectivity index (χ1v) is 4.61. The van der Waals surface area contributed by atoms with Gasteiger partial charge < -0.3 is 20.7 Å². The summed E-state index contributed by atoms with van der Waals surface area (Å²) in [4.78, 5) is 10.8. The Kier molecular flexibility index (Phi) is 4.56. The molecule has 1 aliphatic rings. The molecule has 1 aliphatic heterocycles. The average molecular weight is 187 g/mol. The van der Waals surface area contributed by atoms with Gasteiger partial charge >= 0.3 is 6.03 Å². The van der Waals surface area contributed by atoms with Crippen molar-refractivity contribution in [1.82, 2.24) is 16.0 Å². The quantitative estimate of drug-likeness (QED) is 0.535. The minimum absolute atomic E-state index is 0.0970. The van der Waals surface area contributed by atoms with Gasteiger partial charge in [0.2, 0.25) is 0 Å². The SMILES string of the molecule is CNC(=O)NCC1CNCCCO1. The summed E-state index contributed by atoms with van der Waals surface area (Å²) in [5.74, 6) is 0. The van der Waals surface area contributed by atoms with Crippen LogP contribution >= 0.6 is 0 Å². The van der Waals surface area contributed by atoms with Gasteiger partial charge in [0.15, 0.2) is 0 Å². The highest BCUT2D eigenvalue weighted by atomic mass is 16.5. The van der Waals surface area contributed by atoms with Gasteiger partial charge in [0, 0.05) is 26.7 Å². The van der Waals surface area contributed by atoms with Crippen molar-refractivity contribution in [1.29, 1.82) is 0 Å². The van der Waals surface area contributed by atoms with Crippen molar-refractivity contribution >= 4 is 6.03 Å². The Labute approximate surface area is 78.2 Å². The minimum Gasteiger partial charge on any atom is -0.375 e. The lowest BCUT2D eigenvalue weighted by Gasteiger charge is -2.15. The van der Waals surface area contributed by atoms with Crippen LogP contribution in [0.15, 0.2) is 0 Å². The van der Waals surface area contributed by atoms with Crippen LogP contribution < -0.4 is 16.0 Å². The number of hydrogen-bond donors (Lipinski definition) is 3. The number of ether oxygens (including phenoxy) is 1. The maximum Gasteiger partial charge on any atom is 0.314 e. The molecule has 0 aliphatic carbocycles. The molecule has 76 valence electrons. The molecule has 13 heavy (non-hydrogen) atoms. The van der Waals surface area contributed by atoms with Crippen LogP contribution in [0.5, 0.6) is 0 Å². The standard InChI is InChI=1S/C8H17N3O2/c1-9-8(12)11-6-7-5-10-3-2-4-13-7/h7,10H,2-6H2,1H3,(H2,9,11,12). The van der Waals surface area contributed by atoms with Crippen molar-refractivity contribution in [3.05, 3.63) is 0 Å².